The van der Waals surface area contributed by atoms with Crippen molar-refractivity contribution >= 4 is 5.97 Å². The van der Waals surface area contributed by atoms with Gasteiger partial charge in [0.15, 0.2) is 0 Å². The number of carboxylic acid groups (broad SMARTS) is 1. The maximum absolute atomic E-state index is 10.3. The lowest BCUT2D eigenvalue weighted by atomic mass is 10.2. The summed E-state index contributed by atoms with van der Waals surface area (Å²) in [6, 6.07) is 0.193. The molecule has 0 amide bonds. The van der Waals surface area contributed by atoms with Crippen molar-refractivity contribution in [1.82, 2.24) is 10.2 Å². The van der Waals surface area contributed by atoms with Crippen molar-refractivity contribution in [2.24, 2.45) is 5.73 Å². The van der Waals surface area contributed by atoms with Gasteiger partial charge in [0, 0.05) is 25.2 Å². The Morgan fingerprint density at radius 2 is 2.50 bits per heavy atom. The van der Waals surface area contributed by atoms with Gasteiger partial charge in [-0.15, -0.1) is 0 Å². The predicted octanol–water partition coefficient (Wildman–Crippen LogP) is -0.918. The van der Waals surface area contributed by atoms with Crippen LogP contribution < -0.4 is 11.1 Å². The van der Waals surface area contributed by atoms with E-state index in [1.54, 1.807) is 0 Å². The quantitative estimate of drug-likeness (QED) is 0.536. The first kappa shape index (κ1) is 11.4. The van der Waals surface area contributed by atoms with E-state index in [0.29, 0.717) is 12.6 Å². The Kier molecular flexibility index (Phi) is 4.31. The largest absolute Gasteiger partial charge is 0.481 e. The van der Waals surface area contributed by atoms with Crippen molar-refractivity contribution < 1.29 is 9.90 Å². The first-order valence-electron chi connectivity index (χ1n) is 4.97. The molecule has 0 aromatic carbocycles. The number of carbonyl (C=O) groups is 1. The average Bonchev–Trinajstić information content (AvgIpc) is 2.47. The molecule has 2 unspecified atom stereocenters. The highest BCUT2D eigenvalue weighted by Crippen LogP contribution is 2.05. The molecule has 0 spiro atoms. The molecule has 2 atom stereocenters. The van der Waals surface area contributed by atoms with Crippen LogP contribution in [-0.4, -0.2) is 54.7 Å². The van der Waals surface area contributed by atoms with Crippen LogP contribution in [0.2, 0.25) is 0 Å². The van der Waals surface area contributed by atoms with Gasteiger partial charge in [-0.2, -0.15) is 0 Å². The Balaban J connectivity index is 2.11. The van der Waals surface area contributed by atoms with Gasteiger partial charge in [0.1, 0.15) is 0 Å². The first-order chi connectivity index (χ1) is 6.58. The van der Waals surface area contributed by atoms with Gasteiger partial charge in [-0.3, -0.25) is 4.79 Å². The normalized spacial score (nSPS) is 25.1. The van der Waals surface area contributed by atoms with Gasteiger partial charge in [0.25, 0.3) is 0 Å². The summed E-state index contributed by atoms with van der Waals surface area (Å²) in [6.45, 7) is 2.72. The number of carboxylic acids is 1. The van der Waals surface area contributed by atoms with E-state index in [2.05, 4.69) is 17.3 Å². The Labute approximate surface area is 84.3 Å². The van der Waals surface area contributed by atoms with E-state index < -0.39 is 5.97 Å². The highest BCUT2D eigenvalue weighted by molar-refractivity contribution is 5.67. The van der Waals surface area contributed by atoms with E-state index in [1.165, 1.54) is 0 Å². The van der Waals surface area contributed by atoms with Gasteiger partial charge in [-0.25, -0.2) is 0 Å². The lowest BCUT2D eigenvalue weighted by Crippen LogP contribution is -2.41. The monoisotopic (exact) mass is 201 g/mol. The summed E-state index contributed by atoms with van der Waals surface area (Å²) in [5, 5.41) is 11.8. The van der Waals surface area contributed by atoms with Crippen LogP contribution in [0.25, 0.3) is 0 Å². The molecule has 1 heterocycles. The molecule has 1 saturated heterocycles. The Bertz CT molecular complexity index is 198. The molecule has 1 fully saturated rings. The van der Waals surface area contributed by atoms with Gasteiger partial charge >= 0.3 is 5.97 Å². The van der Waals surface area contributed by atoms with Crippen LogP contribution >= 0.6 is 0 Å². The topological polar surface area (TPSA) is 78.6 Å². The van der Waals surface area contributed by atoms with Crippen molar-refractivity contribution in [3.05, 3.63) is 0 Å². The highest BCUT2D eigenvalue weighted by Gasteiger charge is 2.19. The minimum Gasteiger partial charge on any atom is -0.481 e. The van der Waals surface area contributed by atoms with Crippen LogP contribution in [0.3, 0.4) is 0 Å². The molecule has 1 aliphatic rings. The SMILES string of the molecule is CN1CCC(NCC(N)CC(=O)O)C1. The summed E-state index contributed by atoms with van der Waals surface area (Å²) in [5.41, 5.74) is 5.63. The second-order valence-electron chi connectivity index (χ2n) is 4.01. The number of rotatable bonds is 5. The Hall–Kier alpha value is -0.650. The fourth-order valence-electron chi connectivity index (χ4n) is 1.72. The van der Waals surface area contributed by atoms with Gasteiger partial charge in [-0.1, -0.05) is 0 Å². The molecule has 1 aliphatic heterocycles. The summed E-state index contributed by atoms with van der Waals surface area (Å²) in [6.07, 6.45) is 1.16. The molecule has 1 rings (SSSR count). The molecule has 82 valence electrons. The molecule has 0 aromatic rings. The van der Waals surface area contributed by atoms with Crippen LogP contribution in [0.1, 0.15) is 12.8 Å². The lowest BCUT2D eigenvalue weighted by molar-refractivity contribution is -0.137. The molecule has 5 nitrogen and oxygen atoms in total. The Morgan fingerprint density at radius 1 is 1.79 bits per heavy atom. The minimum absolute atomic E-state index is 0.0373. The maximum atomic E-state index is 10.3. The zero-order chi connectivity index (χ0) is 10.6. The van der Waals surface area contributed by atoms with E-state index in [1.807, 2.05) is 0 Å². The average molecular weight is 201 g/mol. The number of nitrogens with zero attached hydrogens (tertiary/aromatic N) is 1. The minimum atomic E-state index is -0.831. The van der Waals surface area contributed by atoms with Crippen molar-refractivity contribution in [1.29, 1.82) is 0 Å². The third kappa shape index (κ3) is 4.04. The van der Waals surface area contributed by atoms with E-state index in [0.717, 1.165) is 19.5 Å². The molecule has 0 aromatic heterocycles. The molecule has 5 heteroatoms. The summed E-state index contributed by atoms with van der Waals surface area (Å²) in [4.78, 5) is 12.6. The Morgan fingerprint density at radius 3 is 3.00 bits per heavy atom. The molecule has 4 N–H and O–H groups in total. The zero-order valence-corrected chi connectivity index (χ0v) is 8.57. The summed E-state index contributed by atoms with van der Waals surface area (Å²) < 4.78 is 0. The van der Waals surface area contributed by atoms with Crippen LogP contribution in [0.5, 0.6) is 0 Å². The summed E-state index contributed by atoms with van der Waals surface area (Å²) in [5.74, 6) is -0.831. The van der Waals surface area contributed by atoms with Crippen molar-refractivity contribution in [2.75, 3.05) is 26.7 Å². The molecule has 0 bridgehead atoms. The second-order valence-corrected chi connectivity index (χ2v) is 4.01. The number of hydrogen-bond acceptors (Lipinski definition) is 4. The van der Waals surface area contributed by atoms with E-state index in [-0.39, 0.29) is 12.5 Å². The van der Waals surface area contributed by atoms with Gasteiger partial charge in [-0.05, 0) is 20.0 Å². The summed E-state index contributed by atoms with van der Waals surface area (Å²) in [7, 11) is 2.08. The van der Waals surface area contributed by atoms with E-state index >= 15 is 0 Å². The maximum Gasteiger partial charge on any atom is 0.304 e. The number of aliphatic carboxylic acids is 1. The van der Waals surface area contributed by atoms with Crippen molar-refractivity contribution in [2.45, 2.75) is 24.9 Å². The van der Waals surface area contributed by atoms with Crippen LogP contribution in [-0.2, 0) is 4.79 Å². The molecular formula is C9H19N3O2. The van der Waals surface area contributed by atoms with Crippen LogP contribution in [0.15, 0.2) is 0 Å². The van der Waals surface area contributed by atoms with Gasteiger partial charge < -0.3 is 21.1 Å². The van der Waals surface area contributed by atoms with Crippen molar-refractivity contribution in [3.8, 4) is 0 Å². The van der Waals surface area contributed by atoms with Crippen LogP contribution in [0, 0.1) is 0 Å². The molecular weight excluding hydrogens is 182 g/mol. The van der Waals surface area contributed by atoms with Crippen LogP contribution in [0.4, 0.5) is 0 Å². The molecule has 0 aliphatic carbocycles. The number of likely N-dealkylation sites (tertiary alicyclic amines) is 1. The second kappa shape index (κ2) is 5.29. The lowest BCUT2D eigenvalue weighted by Gasteiger charge is -2.15. The van der Waals surface area contributed by atoms with E-state index in [4.69, 9.17) is 10.8 Å². The smallest absolute Gasteiger partial charge is 0.304 e. The number of hydrogen-bond donors (Lipinski definition) is 3. The fraction of sp³-hybridized carbons (Fsp3) is 0.889. The molecule has 0 radical (unpaired) electrons. The van der Waals surface area contributed by atoms with Gasteiger partial charge in [0.2, 0.25) is 0 Å². The third-order valence-electron chi connectivity index (χ3n) is 2.50. The standard InChI is InChI=1S/C9H19N3O2/c1-12-3-2-8(6-12)11-5-7(10)4-9(13)14/h7-8,11H,2-6,10H2,1H3,(H,13,14). The van der Waals surface area contributed by atoms with E-state index in [9.17, 15) is 4.79 Å². The molecule has 14 heavy (non-hydrogen) atoms. The third-order valence-corrected chi connectivity index (χ3v) is 2.50. The zero-order valence-electron chi connectivity index (χ0n) is 8.57. The number of nitrogens with two attached hydrogens (primary N) is 1. The first-order valence-corrected chi connectivity index (χ1v) is 4.97. The molecule has 0 saturated carbocycles. The highest BCUT2D eigenvalue weighted by atomic mass is 16.4. The number of nitrogens with one attached hydrogen (secondary N) is 1. The fourth-order valence-corrected chi connectivity index (χ4v) is 1.72. The van der Waals surface area contributed by atoms with Crippen molar-refractivity contribution in [3.63, 3.8) is 0 Å². The predicted molar refractivity (Wildman–Crippen MR) is 54.1 cm³/mol. The number of likely N-dealkylation sites (N-methyl/N-ethyl adjacent to an activating group) is 1. The summed E-state index contributed by atoms with van der Waals surface area (Å²) >= 11 is 0. The van der Waals surface area contributed by atoms with Gasteiger partial charge in [0.05, 0.1) is 6.42 Å².